The first-order valence-electron chi connectivity index (χ1n) is 6.80. The Hall–Kier alpha value is -0.170. The van der Waals surface area contributed by atoms with Crippen LogP contribution in [0.2, 0.25) is 0 Å². The molecule has 2 aliphatic rings. The molecular weight excluding hydrogens is 252 g/mol. The average Bonchev–Trinajstić information content (AvgIpc) is 2.28. The maximum absolute atomic E-state index is 12.5. The van der Waals surface area contributed by atoms with Crippen molar-refractivity contribution >= 4 is 10.2 Å². The van der Waals surface area contributed by atoms with E-state index < -0.39 is 10.2 Å². The SMILES string of the molecule is CC1CCN(S(=O)(=O)N2CC(C)OC(C)C2)CC1. The standard InChI is InChI=1S/C12H24N2O3S/c1-10-4-6-13(7-5-10)18(15,16)14-8-11(2)17-12(3)9-14/h10-12H,4-9H2,1-3H3. The molecular formula is C12H24N2O3S. The first kappa shape index (κ1) is 14.2. The molecule has 2 heterocycles. The van der Waals surface area contributed by atoms with Crippen molar-refractivity contribution in [1.82, 2.24) is 8.61 Å². The Morgan fingerprint density at radius 1 is 0.944 bits per heavy atom. The van der Waals surface area contributed by atoms with Crippen molar-refractivity contribution in [2.24, 2.45) is 5.92 Å². The van der Waals surface area contributed by atoms with E-state index >= 15 is 0 Å². The number of piperidine rings is 1. The van der Waals surface area contributed by atoms with Crippen LogP contribution in [0.15, 0.2) is 0 Å². The Morgan fingerprint density at radius 3 is 1.94 bits per heavy atom. The molecule has 0 N–H and O–H groups in total. The predicted molar refractivity (Wildman–Crippen MR) is 70.5 cm³/mol. The van der Waals surface area contributed by atoms with Gasteiger partial charge in [-0.05, 0) is 32.6 Å². The van der Waals surface area contributed by atoms with Crippen molar-refractivity contribution in [3.63, 3.8) is 0 Å². The summed E-state index contributed by atoms with van der Waals surface area (Å²) in [6.45, 7) is 8.29. The summed E-state index contributed by atoms with van der Waals surface area (Å²) < 4.78 is 33.9. The second kappa shape index (κ2) is 5.45. The van der Waals surface area contributed by atoms with Crippen molar-refractivity contribution in [3.05, 3.63) is 0 Å². The molecule has 6 heteroatoms. The molecule has 18 heavy (non-hydrogen) atoms. The lowest BCUT2D eigenvalue weighted by Crippen LogP contribution is -2.54. The van der Waals surface area contributed by atoms with Gasteiger partial charge in [-0.25, -0.2) is 0 Å². The number of rotatable bonds is 2. The van der Waals surface area contributed by atoms with E-state index in [2.05, 4.69) is 6.92 Å². The monoisotopic (exact) mass is 276 g/mol. The Balaban J connectivity index is 2.06. The van der Waals surface area contributed by atoms with E-state index in [9.17, 15) is 8.42 Å². The maximum Gasteiger partial charge on any atom is 0.282 e. The third-order valence-corrected chi connectivity index (χ3v) is 5.75. The molecule has 2 rings (SSSR count). The molecule has 0 bridgehead atoms. The summed E-state index contributed by atoms with van der Waals surface area (Å²) in [6.07, 6.45) is 1.89. The van der Waals surface area contributed by atoms with Crippen molar-refractivity contribution in [3.8, 4) is 0 Å². The molecule has 0 spiro atoms. The van der Waals surface area contributed by atoms with Gasteiger partial charge in [-0.1, -0.05) is 6.92 Å². The van der Waals surface area contributed by atoms with Gasteiger partial charge in [-0.2, -0.15) is 17.0 Å². The first-order valence-corrected chi connectivity index (χ1v) is 8.20. The highest BCUT2D eigenvalue weighted by Gasteiger charge is 2.36. The minimum absolute atomic E-state index is 0.0211. The molecule has 2 unspecified atom stereocenters. The fraction of sp³-hybridized carbons (Fsp3) is 1.00. The second-order valence-electron chi connectivity index (χ2n) is 5.66. The van der Waals surface area contributed by atoms with Crippen LogP contribution in [-0.4, -0.2) is 55.4 Å². The molecule has 2 atom stereocenters. The van der Waals surface area contributed by atoms with Crippen molar-refractivity contribution < 1.29 is 13.2 Å². The Labute approximate surface area is 110 Å². The van der Waals surface area contributed by atoms with Gasteiger partial charge >= 0.3 is 0 Å². The van der Waals surface area contributed by atoms with Gasteiger partial charge in [-0.15, -0.1) is 0 Å². The zero-order valence-corrected chi connectivity index (χ0v) is 12.3. The molecule has 2 saturated heterocycles. The number of morpholine rings is 1. The number of ether oxygens (including phenoxy) is 1. The minimum Gasteiger partial charge on any atom is -0.373 e. The molecule has 0 aromatic heterocycles. The zero-order valence-electron chi connectivity index (χ0n) is 11.5. The van der Waals surface area contributed by atoms with Gasteiger partial charge in [0.25, 0.3) is 10.2 Å². The van der Waals surface area contributed by atoms with Gasteiger partial charge < -0.3 is 4.74 Å². The molecule has 106 valence electrons. The summed E-state index contributed by atoms with van der Waals surface area (Å²) in [5.74, 6) is 0.638. The summed E-state index contributed by atoms with van der Waals surface area (Å²) in [5.41, 5.74) is 0. The van der Waals surface area contributed by atoms with Crippen LogP contribution < -0.4 is 0 Å². The molecule has 0 aliphatic carbocycles. The fourth-order valence-corrected chi connectivity index (χ4v) is 4.49. The van der Waals surface area contributed by atoms with Gasteiger partial charge in [0.2, 0.25) is 0 Å². The van der Waals surface area contributed by atoms with Crippen LogP contribution in [0.3, 0.4) is 0 Å². The van der Waals surface area contributed by atoms with Crippen molar-refractivity contribution in [2.75, 3.05) is 26.2 Å². The lowest BCUT2D eigenvalue weighted by molar-refractivity contribution is -0.0456. The smallest absolute Gasteiger partial charge is 0.282 e. The summed E-state index contributed by atoms with van der Waals surface area (Å²) in [4.78, 5) is 0. The van der Waals surface area contributed by atoms with Gasteiger partial charge in [0, 0.05) is 26.2 Å². The van der Waals surface area contributed by atoms with Gasteiger partial charge in [0.05, 0.1) is 12.2 Å². The number of hydrogen-bond acceptors (Lipinski definition) is 3. The summed E-state index contributed by atoms with van der Waals surface area (Å²) >= 11 is 0. The highest BCUT2D eigenvalue weighted by atomic mass is 32.2. The van der Waals surface area contributed by atoms with E-state index in [1.807, 2.05) is 13.8 Å². The fourth-order valence-electron chi connectivity index (χ4n) is 2.70. The van der Waals surface area contributed by atoms with Gasteiger partial charge in [0.15, 0.2) is 0 Å². The average molecular weight is 276 g/mol. The minimum atomic E-state index is -3.29. The Kier molecular flexibility index (Phi) is 4.31. The van der Waals surface area contributed by atoms with E-state index in [0.717, 1.165) is 12.8 Å². The number of nitrogens with zero attached hydrogens (tertiary/aromatic N) is 2. The van der Waals surface area contributed by atoms with Crippen LogP contribution in [0.1, 0.15) is 33.6 Å². The molecule has 0 aromatic rings. The maximum atomic E-state index is 12.5. The highest BCUT2D eigenvalue weighted by Crippen LogP contribution is 2.23. The van der Waals surface area contributed by atoms with Gasteiger partial charge in [0.1, 0.15) is 0 Å². The van der Waals surface area contributed by atoms with Crippen molar-refractivity contribution in [1.29, 1.82) is 0 Å². The molecule has 0 amide bonds. The number of hydrogen-bond donors (Lipinski definition) is 0. The largest absolute Gasteiger partial charge is 0.373 e. The molecule has 2 aliphatic heterocycles. The highest BCUT2D eigenvalue weighted by molar-refractivity contribution is 7.86. The van der Waals surface area contributed by atoms with Crippen LogP contribution >= 0.6 is 0 Å². The lowest BCUT2D eigenvalue weighted by Gasteiger charge is -2.39. The summed E-state index contributed by atoms with van der Waals surface area (Å²) in [5, 5.41) is 0. The summed E-state index contributed by atoms with van der Waals surface area (Å²) in [6, 6.07) is 0. The van der Waals surface area contributed by atoms with Crippen molar-refractivity contribution in [2.45, 2.75) is 45.8 Å². The first-order chi connectivity index (χ1) is 8.39. The van der Waals surface area contributed by atoms with Crippen LogP contribution in [0.5, 0.6) is 0 Å². The zero-order chi connectivity index (χ0) is 13.3. The topological polar surface area (TPSA) is 49.9 Å². The van der Waals surface area contributed by atoms with E-state index in [1.54, 1.807) is 8.61 Å². The summed E-state index contributed by atoms with van der Waals surface area (Å²) in [7, 11) is -3.29. The molecule has 2 fully saturated rings. The van der Waals surface area contributed by atoms with Crippen LogP contribution in [0.25, 0.3) is 0 Å². The normalized spacial score (nSPS) is 33.7. The quantitative estimate of drug-likeness (QED) is 0.758. The van der Waals surface area contributed by atoms with E-state index in [4.69, 9.17) is 4.74 Å². The van der Waals surface area contributed by atoms with Gasteiger partial charge in [-0.3, -0.25) is 0 Å². The predicted octanol–water partition coefficient (Wildman–Crippen LogP) is 1.07. The molecule has 0 saturated carbocycles. The lowest BCUT2D eigenvalue weighted by atomic mass is 10.0. The second-order valence-corrected chi connectivity index (χ2v) is 7.59. The van der Waals surface area contributed by atoms with Crippen LogP contribution in [0, 0.1) is 5.92 Å². The Morgan fingerprint density at radius 2 is 1.44 bits per heavy atom. The Bertz CT molecular complexity index is 367. The molecule has 5 nitrogen and oxygen atoms in total. The van der Waals surface area contributed by atoms with Crippen LogP contribution in [0.4, 0.5) is 0 Å². The molecule has 0 radical (unpaired) electrons. The third-order valence-electron chi connectivity index (χ3n) is 3.78. The molecule has 0 aromatic carbocycles. The van der Waals surface area contributed by atoms with Crippen LogP contribution in [-0.2, 0) is 14.9 Å². The van der Waals surface area contributed by atoms with E-state index in [1.165, 1.54) is 0 Å². The van der Waals surface area contributed by atoms with E-state index in [-0.39, 0.29) is 12.2 Å². The third kappa shape index (κ3) is 3.04. The van der Waals surface area contributed by atoms with E-state index in [0.29, 0.717) is 32.1 Å².